The van der Waals surface area contributed by atoms with E-state index in [2.05, 4.69) is 5.32 Å². The molecular formula is C19H35NO11. The van der Waals surface area contributed by atoms with Crippen molar-refractivity contribution in [3.8, 4) is 0 Å². The molecule has 31 heavy (non-hydrogen) atoms. The summed E-state index contributed by atoms with van der Waals surface area (Å²) in [4.78, 5) is 33.3. The van der Waals surface area contributed by atoms with Gasteiger partial charge in [-0.2, -0.15) is 0 Å². The molecule has 0 radical (unpaired) electrons. The lowest BCUT2D eigenvalue weighted by atomic mass is 10.2. The van der Waals surface area contributed by atoms with Crippen LogP contribution in [0.5, 0.6) is 0 Å². The van der Waals surface area contributed by atoms with Gasteiger partial charge in [-0.05, 0) is 20.8 Å². The number of carbonyl (C=O) groups is 3. The second-order valence-electron chi connectivity index (χ2n) is 7.30. The smallest absolute Gasteiger partial charge is 0.335 e. The summed E-state index contributed by atoms with van der Waals surface area (Å²) in [7, 11) is 0. The quantitative estimate of drug-likeness (QED) is 0.144. The van der Waals surface area contributed by atoms with E-state index in [0.717, 1.165) is 0 Å². The summed E-state index contributed by atoms with van der Waals surface area (Å²) >= 11 is 0. The number of nitrogens with one attached hydrogen (secondary N) is 1. The highest BCUT2D eigenvalue weighted by Gasteiger charge is 2.29. The molecule has 0 aromatic carbocycles. The Morgan fingerprint density at radius 3 is 1.68 bits per heavy atom. The molecule has 0 rings (SSSR count). The van der Waals surface area contributed by atoms with Gasteiger partial charge in [0.15, 0.2) is 12.2 Å². The van der Waals surface area contributed by atoms with Gasteiger partial charge in [-0.3, -0.25) is 9.59 Å². The molecule has 0 fully saturated rings. The number of esters is 1. The number of aliphatic carboxylic acids is 1. The Labute approximate surface area is 181 Å². The predicted octanol–water partition coefficient (Wildman–Crippen LogP) is -1.29. The number of carboxylic acid groups (broad SMARTS) is 1. The summed E-state index contributed by atoms with van der Waals surface area (Å²) in [5, 5.41) is 29.0. The molecule has 0 aliphatic heterocycles. The van der Waals surface area contributed by atoms with Crippen molar-refractivity contribution in [2.45, 2.75) is 45.0 Å². The summed E-state index contributed by atoms with van der Waals surface area (Å²) in [5.41, 5.74) is -0.501. The van der Waals surface area contributed by atoms with Crippen LogP contribution in [-0.4, -0.2) is 110 Å². The first-order valence-corrected chi connectivity index (χ1v) is 9.94. The molecular weight excluding hydrogens is 418 g/mol. The molecule has 2 unspecified atom stereocenters. The highest BCUT2D eigenvalue weighted by molar-refractivity contribution is 5.87. The first-order valence-electron chi connectivity index (χ1n) is 9.94. The van der Waals surface area contributed by atoms with Crippen molar-refractivity contribution in [1.29, 1.82) is 0 Å². The molecule has 0 aromatic heterocycles. The minimum absolute atomic E-state index is 0.0409. The number of rotatable bonds is 18. The number of hydrogen-bond acceptors (Lipinski definition) is 10. The fourth-order valence-electron chi connectivity index (χ4n) is 1.94. The van der Waals surface area contributed by atoms with Crippen LogP contribution in [0.3, 0.4) is 0 Å². The first-order chi connectivity index (χ1) is 14.5. The van der Waals surface area contributed by atoms with Crippen LogP contribution >= 0.6 is 0 Å². The maximum absolute atomic E-state index is 11.5. The number of carbonyl (C=O) groups excluding carboxylic acids is 2. The van der Waals surface area contributed by atoms with Crippen LogP contribution in [0, 0.1) is 0 Å². The van der Waals surface area contributed by atoms with Crippen molar-refractivity contribution >= 4 is 17.8 Å². The van der Waals surface area contributed by atoms with Crippen molar-refractivity contribution in [3.63, 3.8) is 0 Å². The van der Waals surface area contributed by atoms with Crippen molar-refractivity contribution in [2.75, 3.05) is 59.4 Å². The van der Waals surface area contributed by atoms with E-state index in [4.69, 9.17) is 33.9 Å². The molecule has 182 valence electrons. The Hall–Kier alpha value is -1.83. The van der Waals surface area contributed by atoms with Crippen LogP contribution in [-0.2, 0) is 38.1 Å². The standard InChI is InChI=1S/C19H35NO11/c1-19(2,3)31-14(21)4-6-27-8-10-29-12-13-30-11-9-28-7-5-20-17(24)15(22)16(23)18(25)26/h15-16,22-23H,4-13H2,1-3H3,(H,20,24)(H,25,26). The number of hydrogen-bond donors (Lipinski definition) is 4. The zero-order valence-electron chi connectivity index (χ0n) is 18.3. The molecule has 0 aliphatic carbocycles. The van der Waals surface area contributed by atoms with Gasteiger partial charge in [0.25, 0.3) is 5.91 Å². The Morgan fingerprint density at radius 1 is 0.774 bits per heavy atom. The summed E-state index contributed by atoms with van der Waals surface area (Å²) < 4.78 is 26.2. The molecule has 12 heteroatoms. The Balaban J connectivity index is 3.38. The zero-order valence-corrected chi connectivity index (χ0v) is 18.3. The van der Waals surface area contributed by atoms with Gasteiger partial charge in [-0.1, -0.05) is 0 Å². The maximum Gasteiger partial charge on any atom is 0.335 e. The lowest BCUT2D eigenvalue weighted by Crippen LogP contribution is -2.46. The highest BCUT2D eigenvalue weighted by Crippen LogP contribution is 2.08. The van der Waals surface area contributed by atoms with Gasteiger partial charge in [-0.25, -0.2) is 4.79 Å². The first kappa shape index (κ1) is 29.2. The number of amides is 1. The Morgan fingerprint density at radius 2 is 1.23 bits per heavy atom. The Kier molecular flexibility index (Phi) is 15.8. The number of carboxylic acids is 1. The van der Waals surface area contributed by atoms with E-state index in [-0.39, 0.29) is 38.8 Å². The predicted molar refractivity (Wildman–Crippen MR) is 106 cm³/mol. The molecule has 0 saturated carbocycles. The van der Waals surface area contributed by atoms with E-state index in [1.807, 2.05) is 0 Å². The number of ether oxygens (including phenoxy) is 5. The fourth-order valence-corrected chi connectivity index (χ4v) is 1.94. The van der Waals surface area contributed by atoms with Crippen LogP contribution in [0.1, 0.15) is 27.2 Å². The minimum atomic E-state index is -2.18. The fraction of sp³-hybridized carbons (Fsp3) is 0.842. The van der Waals surface area contributed by atoms with Gasteiger partial charge < -0.3 is 44.3 Å². The molecule has 4 N–H and O–H groups in total. The minimum Gasteiger partial charge on any atom is -0.479 e. The maximum atomic E-state index is 11.5. The molecule has 12 nitrogen and oxygen atoms in total. The lowest BCUT2D eigenvalue weighted by molar-refractivity contribution is -0.158. The van der Waals surface area contributed by atoms with Gasteiger partial charge in [0.05, 0.1) is 59.3 Å². The van der Waals surface area contributed by atoms with E-state index >= 15 is 0 Å². The largest absolute Gasteiger partial charge is 0.479 e. The van der Waals surface area contributed by atoms with Crippen molar-refractivity contribution in [2.24, 2.45) is 0 Å². The summed E-state index contributed by atoms with van der Waals surface area (Å²) in [6.45, 7) is 7.89. The van der Waals surface area contributed by atoms with Crippen LogP contribution in [0.4, 0.5) is 0 Å². The van der Waals surface area contributed by atoms with Crippen LogP contribution in [0.25, 0.3) is 0 Å². The third-order valence-corrected chi connectivity index (χ3v) is 3.35. The monoisotopic (exact) mass is 453 g/mol. The molecule has 1 amide bonds. The Bertz CT molecular complexity index is 521. The molecule has 0 aromatic rings. The van der Waals surface area contributed by atoms with Gasteiger partial charge in [0, 0.05) is 6.54 Å². The highest BCUT2D eigenvalue weighted by atomic mass is 16.6. The third kappa shape index (κ3) is 17.5. The lowest BCUT2D eigenvalue weighted by Gasteiger charge is -2.19. The molecule has 2 atom stereocenters. The van der Waals surface area contributed by atoms with E-state index < -0.39 is 29.7 Å². The second kappa shape index (κ2) is 16.8. The zero-order chi connectivity index (χ0) is 23.7. The van der Waals surface area contributed by atoms with Crippen LogP contribution in [0.2, 0.25) is 0 Å². The van der Waals surface area contributed by atoms with E-state index in [9.17, 15) is 19.5 Å². The molecule has 0 saturated heterocycles. The van der Waals surface area contributed by atoms with Gasteiger partial charge in [-0.15, -0.1) is 0 Å². The van der Waals surface area contributed by atoms with Gasteiger partial charge in [0.2, 0.25) is 0 Å². The molecule has 0 heterocycles. The molecule has 0 spiro atoms. The average Bonchev–Trinajstić information content (AvgIpc) is 2.68. The summed E-state index contributed by atoms with van der Waals surface area (Å²) in [6.07, 6.45) is -4.04. The van der Waals surface area contributed by atoms with Crippen molar-refractivity contribution < 1.29 is 53.4 Å². The SMILES string of the molecule is CC(C)(C)OC(=O)CCOCCOCCOCCOCCNC(=O)C(O)C(O)C(=O)O. The van der Waals surface area contributed by atoms with Crippen molar-refractivity contribution in [1.82, 2.24) is 5.32 Å². The number of aliphatic hydroxyl groups excluding tert-OH is 2. The van der Waals surface area contributed by atoms with Crippen LogP contribution < -0.4 is 5.32 Å². The van der Waals surface area contributed by atoms with E-state index in [1.54, 1.807) is 20.8 Å². The van der Waals surface area contributed by atoms with Gasteiger partial charge in [0.1, 0.15) is 5.60 Å². The summed E-state index contributed by atoms with van der Waals surface area (Å²) in [5.74, 6) is -2.99. The van der Waals surface area contributed by atoms with Crippen molar-refractivity contribution in [3.05, 3.63) is 0 Å². The summed E-state index contributed by atoms with van der Waals surface area (Å²) in [6, 6.07) is 0. The molecule has 0 bridgehead atoms. The second-order valence-corrected chi connectivity index (χ2v) is 7.30. The normalized spacial score (nSPS) is 13.5. The van der Waals surface area contributed by atoms with E-state index in [1.165, 1.54) is 0 Å². The molecule has 0 aliphatic rings. The average molecular weight is 453 g/mol. The van der Waals surface area contributed by atoms with E-state index in [0.29, 0.717) is 33.0 Å². The number of aliphatic hydroxyl groups is 2. The topological polar surface area (TPSA) is 170 Å². The van der Waals surface area contributed by atoms with Gasteiger partial charge >= 0.3 is 11.9 Å². The third-order valence-electron chi connectivity index (χ3n) is 3.35. The van der Waals surface area contributed by atoms with Crippen LogP contribution in [0.15, 0.2) is 0 Å².